The van der Waals surface area contributed by atoms with Crippen LogP contribution in [0.15, 0.2) is 65.6 Å². The van der Waals surface area contributed by atoms with Crippen molar-refractivity contribution in [2.24, 2.45) is 0 Å². The first-order valence-electron chi connectivity index (χ1n) is 8.46. The van der Waals surface area contributed by atoms with Crippen LogP contribution in [0.1, 0.15) is 0 Å². The Morgan fingerprint density at radius 1 is 0.846 bits per heavy atom. The van der Waals surface area contributed by atoms with E-state index in [0.717, 1.165) is 16.7 Å². The van der Waals surface area contributed by atoms with E-state index < -0.39 is 10.0 Å². The molecule has 0 amide bonds. The monoisotopic (exact) mass is 388 g/mol. The van der Waals surface area contributed by atoms with Gasteiger partial charge in [0.2, 0.25) is 10.0 Å². The van der Waals surface area contributed by atoms with E-state index in [-0.39, 0.29) is 9.92 Å². The molecule has 0 saturated carbocycles. The van der Waals surface area contributed by atoms with Crippen LogP contribution in [0.5, 0.6) is 0 Å². The van der Waals surface area contributed by atoms with Crippen molar-refractivity contribution < 1.29 is 13.4 Å². The van der Waals surface area contributed by atoms with Crippen LogP contribution in [0.3, 0.4) is 0 Å². The van der Waals surface area contributed by atoms with Crippen LogP contribution in [-0.2, 0) is 10.0 Å². The van der Waals surface area contributed by atoms with Gasteiger partial charge in [0.15, 0.2) is 0 Å². The summed E-state index contributed by atoms with van der Waals surface area (Å²) in [6.07, 6.45) is 0. The summed E-state index contributed by atoms with van der Waals surface area (Å²) in [5, 5.41) is 1.41. The van der Waals surface area contributed by atoms with Gasteiger partial charge >= 0.3 is 0 Å². The number of sulfonamides is 1. The van der Waals surface area contributed by atoms with Gasteiger partial charge in [-0.3, -0.25) is 4.90 Å². The Labute approximate surface area is 157 Å². The van der Waals surface area contributed by atoms with Crippen molar-refractivity contribution in [1.82, 2.24) is 4.31 Å². The first kappa shape index (κ1) is 17.3. The number of fused-ring (bicyclic) bond motifs is 1. The third-order valence-electron chi connectivity index (χ3n) is 4.68. The molecule has 0 atom stereocenters. The Balaban J connectivity index is 1.52. The number of pyridine rings is 1. The molecule has 0 bridgehead atoms. The van der Waals surface area contributed by atoms with Gasteiger partial charge in [-0.05, 0) is 24.3 Å². The second-order valence-electron chi connectivity index (χ2n) is 6.25. The number of rotatable bonds is 3. The number of anilines is 1. The molecule has 4 rings (SSSR count). The second kappa shape index (κ2) is 6.87. The fourth-order valence-electron chi connectivity index (χ4n) is 3.25. The molecule has 0 unspecified atom stereocenters. The number of nitrogens with one attached hydrogen (secondary N) is 1. The van der Waals surface area contributed by atoms with Gasteiger partial charge in [-0.1, -0.05) is 41.9 Å². The Hall–Kier alpha value is -2.15. The topological polar surface area (TPSA) is 54.8 Å². The predicted molar refractivity (Wildman–Crippen MR) is 103 cm³/mol. The lowest BCUT2D eigenvalue weighted by Gasteiger charge is -2.30. The van der Waals surface area contributed by atoms with Gasteiger partial charge in [0, 0.05) is 11.5 Å². The standard InChI is InChI=1S/C19H18ClN3O2S/c20-16-6-2-4-8-18(16)26(24,25)23-13-11-22(12-14-23)19-10-9-15-5-1-3-7-17(15)21-19/h1-10H,11-14H2/p+1. The summed E-state index contributed by atoms with van der Waals surface area (Å²) < 4.78 is 27.2. The Bertz CT molecular complexity index is 1050. The number of H-pyrrole nitrogens is 1. The minimum absolute atomic E-state index is 0.174. The molecule has 1 aromatic heterocycles. The zero-order valence-corrected chi connectivity index (χ0v) is 15.7. The normalized spacial score (nSPS) is 16.1. The average molecular weight is 389 g/mol. The number of aromatic nitrogens is 1. The lowest BCUT2D eigenvalue weighted by molar-refractivity contribution is -0.330. The lowest BCUT2D eigenvalue weighted by Crippen LogP contribution is -2.50. The van der Waals surface area contributed by atoms with E-state index >= 15 is 0 Å². The summed E-state index contributed by atoms with van der Waals surface area (Å²) in [6, 6.07) is 18.8. The molecule has 0 spiro atoms. The average Bonchev–Trinajstić information content (AvgIpc) is 2.68. The number of hydrogen-bond donors (Lipinski definition) is 0. The molecule has 1 N–H and O–H groups in total. The number of para-hydroxylation sites is 1. The number of aromatic amines is 1. The smallest absolute Gasteiger partial charge is 0.259 e. The first-order valence-corrected chi connectivity index (χ1v) is 10.3. The van der Waals surface area contributed by atoms with Crippen molar-refractivity contribution in [3.8, 4) is 0 Å². The van der Waals surface area contributed by atoms with E-state index in [4.69, 9.17) is 11.6 Å². The molecule has 26 heavy (non-hydrogen) atoms. The molecular formula is C19H19ClN3O2S+. The van der Waals surface area contributed by atoms with E-state index in [1.54, 1.807) is 24.3 Å². The van der Waals surface area contributed by atoms with E-state index in [1.165, 1.54) is 4.31 Å². The van der Waals surface area contributed by atoms with Crippen LogP contribution in [0.4, 0.5) is 5.82 Å². The molecular weight excluding hydrogens is 370 g/mol. The van der Waals surface area contributed by atoms with Crippen LogP contribution in [0, 0.1) is 0 Å². The van der Waals surface area contributed by atoms with Crippen LogP contribution < -0.4 is 9.88 Å². The minimum Gasteiger partial charge on any atom is -0.259 e. The lowest BCUT2D eigenvalue weighted by atomic mass is 10.2. The van der Waals surface area contributed by atoms with Gasteiger partial charge in [0.1, 0.15) is 10.4 Å². The van der Waals surface area contributed by atoms with E-state index in [9.17, 15) is 8.42 Å². The molecule has 5 nitrogen and oxygen atoms in total. The molecule has 1 aliphatic heterocycles. The molecule has 1 saturated heterocycles. The number of halogens is 1. The fourth-order valence-corrected chi connectivity index (χ4v) is 5.17. The maximum absolute atomic E-state index is 12.8. The molecule has 2 aromatic carbocycles. The van der Waals surface area contributed by atoms with Crippen LogP contribution in [-0.4, -0.2) is 38.9 Å². The maximum Gasteiger partial charge on any atom is 0.274 e. The summed E-state index contributed by atoms with van der Waals surface area (Å²) in [5.41, 5.74) is 1.07. The molecule has 1 aliphatic rings. The number of piperazine rings is 1. The van der Waals surface area contributed by atoms with Crippen molar-refractivity contribution >= 4 is 38.3 Å². The summed E-state index contributed by atoms with van der Waals surface area (Å²) in [4.78, 5) is 5.77. The van der Waals surface area contributed by atoms with Gasteiger partial charge in [-0.2, -0.15) is 4.31 Å². The first-order chi connectivity index (χ1) is 12.6. The Kier molecular flexibility index (Phi) is 4.56. The second-order valence-corrected chi connectivity index (χ2v) is 8.57. The molecule has 0 radical (unpaired) electrons. The van der Waals surface area contributed by atoms with Gasteiger partial charge < -0.3 is 0 Å². The zero-order valence-electron chi connectivity index (χ0n) is 14.1. The van der Waals surface area contributed by atoms with Gasteiger partial charge in [-0.25, -0.2) is 13.4 Å². The fraction of sp³-hybridized carbons (Fsp3) is 0.211. The summed E-state index contributed by atoms with van der Waals surface area (Å²) in [6.45, 7) is 2.10. The third-order valence-corrected chi connectivity index (χ3v) is 7.08. The number of nitrogens with zero attached hydrogens (tertiary/aromatic N) is 2. The van der Waals surface area contributed by atoms with Crippen LogP contribution in [0.25, 0.3) is 10.9 Å². The maximum atomic E-state index is 12.8. The SMILES string of the molecule is O=S(=O)(c1ccccc1Cl)N1CCN(c2ccc3ccccc3[nH+]2)CC1. The Morgan fingerprint density at radius 2 is 1.54 bits per heavy atom. The molecule has 7 heteroatoms. The summed E-state index contributed by atoms with van der Waals surface area (Å²) in [5.74, 6) is 0.999. The van der Waals surface area contributed by atoms with E-state index in [2.05, 4.69) is 22.0 Å². The quantitative estimate of drug-likeness (QED) is 0.693. The minimum atomic E-state index is -3.57. The van der Waals surface area contributed by atoms with Gasteiger partial charge in [0.05, 0.1) is 31.2 Å². The number of hydrogen-bond acceptors (Lipinski definition) is 3. The molecule has 0 aliphatic carbocycles. The summed E-state index contributed by atoms with van der Waals surface area (Å²) in [7, 11) is -3.57. The van der Waals surface area contributed by atoms with E-state index in [1.807, 2.05) is 24.3 Å². The van der Waals surface area contributed by atoms with Crippen LogP contribution in [0.2, 0.25) is 5.02 Å². The van der Waals surface area contributed by atoms with Crippen molar-refractivity contribution in [3.63, 3.8) is 0 Å². The van der Waals surface area contributed by atoms with E-state index in [0.29, 0.717) is 26.2 Å². The highest BCUT2D eigenvalue weighted by Gasteiger charge is 2.32. The van der Waals surface area contributed by atoms with Crippen molar-refractivity contribution in [3.05, 3.63) is 65.7 Å². The van der Waals surface area contributed by atoms with Crippen molar-refractivity contribution in [1.29, 1.82) is 0 Å². The molecule has 134 valence electrons. The van der Waals surface area contributed by atoms with Gasteiger partial charge in [-0.15, -0.1) is 0 Å². The number of benzene rings is 2. The summed E-state index contributed by atoms with van der Waals surface area (Å²) >= 11 is 6.09. The third kappa shape index (κ3) is 3.16. The van der Waals surface area contributed by atoms with Crippen LogP contribution >= 0.6 is 11.6 Å². The zero-order chi connectivity index (χ0) is 18.1. The van der Waals surface area contributed by atoms with Crippen molar-refractivity contribution in [2.45, 2.75) is 4.90 Å². The van der Waals surface area contributed by atoms with Gasteiger partial charge in [0.25, 0.3) is 5.82 Å². The highest BCUT2D eigenvalue weighted by atomic mass is 35.5. The molecule has 2 heterocycles. The largest absolute Gasteiger partial charge is 0.274 e. The van der Waals surface area contributed by atoms with Crippen molar-refractivity contribution in [2.75, 3.05) is 31.1 Å². The molecule has 1 fully saturated rings. The highest BCUT2D eigenvalue weighted by molar-refractivity contribution is 7.89. The Morgan fingerprint density at radius 3 is 2.31 bits per heavy atom. The molecule has 3 aromatic rings. The highest BCUT2D eigenvalue weighted by Crippen LogP contribution is 2.25. The predicted octanol–water partition coefficient (Wildman–Crippen LogP) is 2.82.